The molecule has 138 valence electrons. The van der Waals surface area contributed by atoms with Gasteiger partial charge in [-0.2, -0.15) is 5.10 Å². The molecule has 1 saturated heterocycles. The maximum Gasteiger partial charge on any atom is 0.333 e. The van der Waals surface area contributed by atoms with Gasteiger partial charge in [0.05, 0.1) is 4.92 Å². The Labute approximate surface area is 150 Å². The predicted molar refractivity (Wildman–Crippen MR) is 93.9 cm³/mol. The molecule has 2 aromatic rings. The lowest BCUT2D eigenvalue weighted by molar-refractivity contribution is -0.384. The van der Waals surface area contributed by atoms with Gasteiger partial charge in [0.1, 0.15) is 11.5 Å². The maximum atomic E-state index is 13.7. The van der Waals surface area contributed by atoms with E-state index in [9.17, 15) is 19.3 Å². The number of aromatic nitrogens is 2. The third-order valence-electron chi connectivity index (χ3n) is 4.63. The average Bonchev–Trinajstić information content (AvgIpc) is 2.91. The molecular formula is C17H20FN5O3. The second-order valence-corrected chi connectivity index (χ2v) is 6.38. The van der Waals surface area contributed by atoms with Crippen LogP contribution in [-0.4, -0.2) is 51.7 Å². The van der Waals surface area contributed by atoms with E-state index in [0.717, 1.165) is 0 Å². The number of halogens is 1. The molecule has 0 spiro atoms. The van der Waals surface area contributed by atoms with Crippen LogP contribution in [0.1, 0.15) is 21.6 Å². The van der Waals surface area contributed by atoms with Crippen molar-refractivity contribution in [2.45, 2.75) is 13.8 Å². The Balaban J connectivity index is 1.74. The Bertz CT molecular complexity index is 872. The predicted octanol–water partition coefficient (Wildman–Crippen LogP) is 2.05. The molecule has 0 bridgehead atoms. The summed E-state index contributed by atoms with van der Waals surface area (Å²) in [6.07, 6.45) is 0. The molecule has 0 aliphatic carbocycles. The summed E-state index contributed by atoms with van der Waals surface area (Å²) in [5.74, 6) is -0.198. The van der Waals surface area contributed by atoms with E-state index in [1.165, 1.54) is 10.7 Å². The number of nitrogens with zero attached hydrogens (tertiary/aromatic N) is 5. The molecular weight excluding hydrogens is 341 g/mol. The van der Waals surface area contributed by atoms with Crippen LogP contribution < -0.4 is 4.90 Å². The minimum absolute atomic E-state index is 0.00659. The Hall–Kier alpha value is -2.97. The number of hydrogen-bond donors (Lipinski definition) is 0. The molecule has 3 rings (SSSR count). The first-order valence-electron chi connectivity index (χ1n) is 8.28. The number of benzene rings is 1. The molecule has 0 saturated carbocycles. The summed E-state index contributed by atoms with van der Waals surface area (Å²) in [4.78, 5) is 27.0. The highest BCUT2D eigenvalue weighted by Gasteiger charge is 2.31. The van der Waals surface area contributed by atoms with Crippen LogP contribution in [0, 0.1) is 29.8 Å². The number of nitro groups is 1. The fourth-order valence-electron chi connectivity index (χ4n) is 3.23. The van der Waals surface area contributed by atoms with Gasteiger partial charge in [-0.25, -0.2) is 9.07 Å². The Morgan fingerprint density at radius 2 is 1.88 bits per heavy atom. The molecule has 1 aromatic heterocycles. The summed E-state index contributed by atoms with van der Waals surface area (Å²) in [5, 5.41) is 15.5. The van der Waals surface area contributed by atoms with Gasteiger partial charge >= 0.3 is 5.69 Å². The van der Waals surface area contributed by atoms with Crippen LogP contribution in [0.5, 0.6) is 0 Å². The van der Waals surface area contributed by atoms with E-state index >= 15 is 0 Å². The second kappa shape index (κ2) is 6.74. The minimum atomic E-state index is -0.426. The first kappa shape index (κ1) is 17.8. The number of aryl methyl sites for hydroxylation is 3. The van der Waals surface area contributed by atoms with Gasteiger partial charge < -0.3 is 9.80 Å². The highest BCUT2D eigenvalue weighted by atomic mass is 19.1. The lowest BCUT2D eigenvalue weighted by Gasteiger charge is -2.35. The van der Waals surface area contributed by atoms with Crippen molar-refractivity contribution >= 4 is 17.4 Å². The second-order valence-electron chi connectivity index (χ2n) is 6.38. The van der Waals surface area contributed by atoms with Crippen LogP contribution in [-0.2, 0) is 7.05 Å². The molecule has 0 unspecified atom stereocenters. The van der Waals surface area contributed by atoms with E-state index < -0.39 is 10.7 Å². The molecule has 26 heavy (non-hydrogen) atoms. The standard InChI is InChI=1S/C17H20FN5O3/c1-11-4-5-13(10-14(11)18)17(24)22-8-6-21(7-9-22)16-15(23(25)26)12(2)19-20(16)3/h4-5,10H,6-9H2,1-3H3. The fourth-order valence-corrected chi connectivity index (χ4v) is 3.23. The number of rotatable bonds is 3. The molecule has 2 heterocycles. The van der Waals surface area contributed by atoms with E-state index in [0.29, 0.717) is 48.8 Å². The number of amides is 1. The first-order chi connectivity index (χ1) is 12.3. The van der Waals surface area contributed by atoms with Gasteiger partial charge in [0.25, 0.3) is 5.91 Å². The maximum absolute atomic E-state index is 13.7. The van der Waals surface area contributed by atoms with E-state index in [1.807, 2.05) is 4.90 Å². The zero-order valence-electron chi connectivity index (χ0n) is 14.9. The van der Waals surface area contributed by atoms with Crippen molar-refractivity contribution in [1.82, 2.24) is 14.7 Å². The molecule has 1 amide bonds. The molecule has 0 atom stereocenters. The van der Waals surface area contributed by atoms with Crippen LogP contribution in [0.4, 0.5) is 15.9 Å². The minimum Gasteiger partial charge on any atom is -0.348 e. The van der Waals surface area contributed by atoms with Crippen molar-refractivity contribution in [2.75, 3.05) is 31.1 Å². The van der Waals surface area contributed by atoms with Gasteiger partial charge in [0.2, 0.25) is 5.82 Å². The van der Waals surface area contributed by atoms with Crippen LogP contribution in [0.2, 0.25) is 0 Å². The molecule has 1 aliphatic heterocycles. The number of carbonyl (C=O) groups excluding carboxylic acids is 1. The molecule has 9 heteroatoms. The van der Waals surface area contributed by atoms with Crippen molar-refractivity contribution in [3.8, 4) is 0 Å². The molecule has 1 aliphatic rings. The van der Waals surface area contributed by atoms with E-state index in [4.69, 9.17) is 0 Å². The summed E-state index contributed by atoms with van der Waals surface area (Å²) >= 11 is 0. The Morgan fingerprint density at radius 3 is 2.46 bits per heavy atom. The molecule has 8 nitrogen and oxygen atoms in total. The topological polar surface area (TPSA) is 84.5 Å². The van der Waals surface area contributed by atoms with Crippen LogP contribution in [0.3, 0.4) is 0 Å². The van der Waals surface area contributed by atoms with E-state index in [1.54, 1.807) is 37.9 Å². The van der Waals surface area contributed by atoms with Crippen molar-refractivity contribution in [3.05, 3.63) is 51.0 Å². The summed E-state index contributed by atoms with van der Waals surface area (Å²) in [5.41, 5.74) is 1.16. The average molecular weight is 361 g/mol. The Morgan fingerprint density at radius 1 is 1.23 bits per heavy atom. The highest BCUT2D eigenvalue weighted by Crippen LogP contribution is 2.31. The van der Waals surface area contributed by atoms with E-state index in [2.05, 4.69) is 5.10 Å². The van der Waals surface area contributed by atoms with Crippen molar-refractivity contribution in [1.29, 1.82) is 0 Å². The van der Waals surface area contributed by atoms with Gasteiger partial charge in [-0.05, 0) is 31.5 Å². The largest absolute Gasteiger partial charge is 0.348 e. The lowest BCUT2D eigenvalue weighted by Crippen LogP contribution is -2.49. The number of piperazine rings is 1. The summed E-state index contributed by atoms with van der Waals surface area (Å²) in [7, 11) is 1.67. The number of hydrogen-bond acceptors (Lipinski definition) is 5. The van der Waals surface area contributed by atoms with Gasteiger partial charge in [0, 0.05) is 38.8 Å². The van der Waals surface area contributed by atoms with Crippen molar-refractivity contribution in [3.63, 3.8) is 0 Å². The van der Waals surface area contributed by atoms with Crippen LogP contribution in [0.25, 0.3) is 0 Å². The number of anilines is 1. The molecule has 1 aromatic carbocycles. The molecule has 1 fully saturated rings. The van der Waals surface area contributed by atoms with E-state index in [-0.39, 0.29) is 11.6 Å². The SMILES string of the molecule is Cc1ccc(C(=O)N2CCN(c3c([N+](=O)[O-])c(C)nn3C)CC2)cc1F. The summed E-state index contributed by atoms with van der Waals surface area (Å²) in [6, 6.07) is 4.45. The fraction of sp³-hybridized carbons (Fsp3) is 0.412. The van der Waals surface area contributed by atoms with Gasteiger partial charge in [-0.15, -0.1) is 0 Å². The summed E-state index contributed by atoms with van der Waals surface area (Å²) < 4.78 is 15.2. The van der Waals surface area contributed by atoms with Crippen LogP contribution >= 0.6 is 0 Å². The highest BCUT2D eigenvalue weighted by molar-refractivity contribution is 5.94. The summed E-state index contributed by atoms with van der Waals surface area (Å²) in [6.45, 7) is 4.93. The van der Waals surface area contributed by atoms with Crippen molar-refractivity contribution in [2.24, 2.45) is 7.05 Å². The van der Waals surface area contributed by atoms with Crippen LogP contribution in [0.15, 0.2) is 18.2 Å². The van der Waals surface area contributed by atoms with Gasteiger partial charge in [0.15, 0.2) is 0 Å². The zero-order chi connectivity index (χ0) is 19.0. The number of carbonyl (C=O) groups is 1. The van der Waals surface area contributed by atoms with Gasteiger partial charge in [-0.1, -0.05) is 6.07 Å². The Kier molecular flexibility index (Phi) is 4.62. The quantitative estimate of drug-likeness (QED) is 0.617. The third kappa shape index (κ3) is 3.12. The van der Waals surface area contributed by atoms with Gasteiger partial charge in [-0.3, -0.25) is 14.9 Å². The molecule has 0 N–H and O–H groups in total. The first-order valence-corrected chi connectivity index (χ1v) is 8.28. The molecule has 0 radical (unpaired) electrons. The smallest absolute Gasteiger partial charge is 0.333 e. The van der Waals surface area contributed by atoms with Crippen molar-refractivity contribution < 1.29 is 14.1 Å². The normalized spacial score (nSPS) is 14.6. The zero-order valence-corrected chi connectivity index (χ0v) is 14.9. The monoisotopic (exact) mass is 361 g/mol. The third-order valence-corrected chi connectivity index (χ3v) is 4.63. The lowest BCUT2D eigenvalue weighted by atomic mass is 10.1.